The minimum atomic E-state index is -0.110. The van der Waals surface area contributed by atoms with Crippen molar-refractivity contribution in [3.63, 3.8) is 0 Å². The monoisotopic (exact) mass is 226 g/mol. The molecule has 90 valence electrons. The summed E-state index contributed by atoms with van der Waals surface area (Å²) >= 11 is 0. The van der Waals surface area contributed by atoms with E-state index in [-0.39, 0.29) is 12.6 Å². The molecule has 2 heterocycles. The van der Waals surface area contributed by atoms with Crippen molar-refractivity contribution < 1.29 is 18.9 Å². The molecule has 0 aromatic heterocycles. The van der Waals surface area contributed by atoms with Crippen LogP contribution in [0.15, 0.2) is 24.7 Å². The van der Waals surface area contributed by atoms with Crippen molar-refractivity contribution in [3.05, 3.63) is 24.7 Å². The molecule has 0 saturated heterocycles. The van der Waals surface area contributed by atoms with Crippen LogP contribution in [-0.2, 0) is 18.9 Å². The van der Waals surface area contributed by atoms with Gasteiger partial charge in [-0.3, -0.25) is 0 Å². The molecular formula is C12H18O4. The maximum atomic E-state index is 5.50. The summed E-state index contributed by atoms with van der Waals surface area (Å²) in [6.07, 6.45) is 11.0. The Bertz CT molecular complexity index is 223. The number of allylic oxidation sites excluding steroid dienone is 2. The molecular weight excluding hydrogens is 208 g/mol. The van der Waals surface area contributed by atoms with Crippen LogP contribution in [-0.4, -0.2) is 25.8 Å². The van der Waals surface area contributed by atoms with E-state index in [4.69, 9.17) is 18.9 Å². The Morgan fingerprint density at radius 1 is 0.875 bits per heavy atom. The summed E-state index contributed by atoms with van der Waals surface area (Å²) < 4.78 is 21.5. The molecule has 0 spiro atoms. The van der Waals surface area contributed by atoms with Crippen LogP contribution in [0.3, 0.4) is 0 Å². The first-order chi connectivity index (χ1) is 7.95. The van der Waals surface area contributed by atoms with E-state index in [1.165, 1.54) is 0 Å². The fourth-order valence-electron chi connectivity index (χ4n) is 1.63. The summed E-state index contributed by atoms with van der Waals surface area (Å²) in [6.45, 7) is 1.09. The Hall–Kier alpha value is -1.00. The summed E-state index contributed by atoms with van der Waals surface area (Å²) in [6, 6.07) is 0. The smallest absolute Gasteiger partial charge is 0.199 e. The molecule has 0 aliphatic carbocycles. The van der Waals surface area contributed by atoms with Crippen molar-refractivity contribution in [2.75, 3.05) is 13.2 Å². The molecule has 2 unspecified atom stereocenters. The number of rotatable bonds is 5. The molecule has 0 aromatic carbocycles. The Morgan fingerprint density at radius 2 is 1.38 bits per heavy atom. The van der Waals surface area contributed by atoms with Gasteiger partial charge < -0.3 is 18.9 Å². The predicted molar refractivity (Wildman–Crippen MR) is 58.4 cm³/mol. The van der Waals surface area contributed by atoms with Gasteiger partial charge in [-0.05, 0) is 25.0 Å². The summed E-state index contributed by atoms with van der Waals surface area (Å²) in [4.78, 5) is 0. The highest BCUT2D eigenvalue weighted by molar-refractivity contribution is 4.79. The predicted octanol–water partition coefficient (Wildman–Crippen LogP) is 2.32. The first kappa shape index (κ1) is 11.5. The van der Waals surface area contributed by atoms with Gasteiger partial charge in [-0.15, -0.1) is 0 Å². The zero-order chi connectivity index (χ0) is 11.1. The molecule has 16 heavy (non-hydrogen) atoms. The molecule has 0 amide bonds. The van der Waals surface area contributed by atoms with Crippen LogP contribution in [0.2, 0.25) is 0 Å². The summed E-state index contributed by atoms with van der Waals surface area (Å²) in [7, 11) is 0. The topological polar surface area (TPSA) is 36.9 Å². The lowest BCUT2D eigenvalue weighted by Gasteiger charge is -2.22. The zero-order valence-electron chi connectivity index (χ0n) is 9.34. The minimum Gasteiger partial charge on any atom is -0.473 e. The van der Waals surface area contributed by atoms with Crippen molar-refractivity contribution in [1.82, 2.24) is 0 Å². The maximum Gasteiger partial charge on any atom is 0.199 e. The molecule has 0 fully saturated rings. The van der Waals surface area contributed by atoms with E-state index in [0.29, 0.717) is 13.2 Å². The Kier molecular flexibility index (Phi) is 4.70. The average Bonchev–Trinajstić information content (AvgIpc) is 2.37. The lowest BCUT2D eigenvalue weighted by Crippen LogP contribution is -2.23. The molecule has 0 saturated carbocycles. The quantitative estimate of drug-likeness (QED) is 0.674. The van der Waals surface area contributed by atoms with Gasteiger partial charge >= 0.3 is 0 Å². The molecule has 0 bridgehead atoms. The maximum absolute atomic E-state index is 5.50. The van der Waals surface area contributed by atoms with Crippen LogP contribution in [0.1, 0.15) is 25.7 Å². The third-order valence-electron chi connectivity index (χ3n) is 2.48. The second-order valence-electron chi connectivity index (χ2n) is 3.77. The third-order valence-corrected chi connectivity index (χ3v) is 2.48. The first-order valence-corrected chi connectivity index (χ1v) is 5.79. The lowest BCUT2D eigenvalue weighted by molar-refractivity contribution is -0.159. The highest BCUT2D eigenvalue weighted by Gasteiger charge is 2.13. The van der Waals surface area contributed by atoms with Crippen LogP contribution >= 0.6 is 0 Å². The Balaban J connectivity index is 1.51. The van der Waals surface area contributed by atoms with Crippen LogP contribution < -0.4 is 0 Å². The summed E-state index contributed by atoms with van der Waals surface area (Å²) in [5.74, 6) is 0. The van der Waals surface area contributed by atoms with Crippen molar-refractivity contribution in [1.29, 1.82) is 0 Å². The molecule has 2 aliphatic heterocycles. The van der Waals surface area contributed by atoms with E-state index < -0.39 is 0 Å². The highest BCUT2D eigenvalue weighted by Crippen LogP contribution is 2.13. The van der Waals surface area contributed by atoms with Gasteiger partial charge in [-0.25, -0.2) is 0 Å². The van der Waals surface area contributed by atoms with E-state index in [1.807, 2.05) is 12.2 Å². The van der Waals surface area contributed by atoms with Gasteiger partial charge in [0.1, 0.15) is 0 Å². The van der Waals surface area contributed by atoms with Gasteiger partial charge in [0.05, 0.1) is 25.7 Å². The average molecular weight is 226 g/mol. The van der Waals surface area contributed by atoms with E-state index in [0.717, 1.165) is 25.7 Å². The van der Waals surface area contributed by atoms with Crippen molar-refractivity contribution in [2.45, 2.75) is 38.3 Å². The van der Waals surface area contributed by atoms with Crippen LogP contribution in [0, 0.1) is 0 Å². The molecule has 2 atom stereocenters. The fourth-order valence-corrected chi connectivity index (χ4v) is 1.63. The summed E-state index contributed by atoms with van der Waals surface area (Å²) in [5.41, 5.74) is 0. The number of hydrogen-bond acceptors (Lipinski definition) is 4. The minimum absolute atomic E-state index is 0.110. The SMILES string of the molecule is C1=COC(OCCOC2CCC=CO2)CC1. The lowest BCUT2D eigenvalue weighted by atomic mass is 10.3. The second-order valence-corrected chi connectivity index (χ2v) is 3.77. The highest BCUT2D eigenvalue weighted by atomic mass is 16.7. The van der Waals surface area contributed by atoms with Crippen molar-refractivity contribution in [3.8, 4) is 0 Å². The summed E-state index contributed by atoms with van der Waals surface area (Å²) in [5, 5.41) is 0. The van der Waals surface area contributed by atoms with Gasteiger partial charge in [0.25, 0.3) is 0 Å². The molecule has 0 radical (unpaired) electrons. The van der Waals surface area contributed by atoms with Crippen LogP contribution in [0.4, 0.5) is 0 Å². The fraction of sp³-hybridized carbons (Fsp3) is 0.667. The largest absolute Gasteiger partial charge is 0.473 e. The van der Waals surface area contributed by atoms with Gasteiger partial charge in [0.2, 0.25) is 0 Å². The molecule has 4 heteroatoms. The molecule has 2 rings (SSSR count). The van der Waals surface area contributed by atoms with Crippen molar-refractivity contribution >= 4 is 0 Å². The van der Waals surface area contributed by atoms with E-state index in [1.54, 1.807) is 12.5 Å². The van der Waals surface area contributed by atoms with Crippen molar-refractivity contribution in [2.24, 2.45) is 0 Å². The number of hydrogen-bond donors (Lipinski definition) is 0. The van der Waals surface area contributed by atoms with Crippen LogP contribution in [0.25, 0.3) is 0 Å². The Labute approximate surface area is 95.8 Å². The first-order valence-electron chi connectivity index (χ1n) is 5.79. The molecule has 0 N–H and O–H groups in total. The van der Waals surface area contributed by atoms with Gasteiger partial charge in [-0.2, -0.15) is 0 Å². The Morgan fingerprint density at radius 3 is 1.75 bits per heavy atom. The van der Waals surface area contributed by atoms with E-state index in [2.05, 4.69) is 0 Å². The standard InChI is InChI=1S/C12H18O4/c1-3-7-13-11(5-1)15-9-10-16-12-6-2-4-8-14-12/h3-4,7-8,11-12H,1-2,5-6,9-10H2. The number of ether oxygens (including phenoxy) is 4. The molecule has 0 aromatic rings. The second kappa shape index (κ2) is 6.55. The zero-order valence-corrected chi connectivity index (χ0v) is 9.34. The van der Waals surface area contributed by atoms with E-state index in [9.17, 15) is 0 Å². The van der Waals surface area contributed by atoms with E-state index >= 15 is 0 Å². The molecule has 4 nitrogen and oxygen atoms in total. The third kappa shape index (κ3) is 3.87. The van der Waals surface area contributed by atoms with Crippen LogP contribution in [0.5, 0.6) is 0 Å². The van der Waals surface area contributed by atoms with Gasteiger partial charge in [0.15, 0.2) is 12.6 Å². The normalized spacial score (nSPS) is 28.5. The van der Waals surface area contributed by atoms with Gasteiger partial charge in [0, 0.05) is 12.8 Å². The van der Waals surface area contributed by atoms with Gasteiger partial charge in [-0.1, -0.05) is 0 Å². The molecule has 2 aliphatic rings.